The summed E-state index contributed by atoms with van der Waals surface area (Å²) in [6.45, 7) is 2.37. The molecule has 0 unspecified atom stereocenters. The molecule has 0 atom stereocenters. The van der Waals surface area contributed by atoms with Crippen LogP contribution in [0.15, 0.2) is 49.2 Å². The fraction of sp³-hybridized carbons (Fsp3) is 0.273. The molecule has 31 heavy (non-hydrogen) atoms. The molecule has 1 aliphatic rings. The molecule has 1 aromatic carbocycles. The van der Waals surface area contributed by atoms with Crippen molar-refractivity contribution in [3.63, 3.8) is 0 Å². The molecule has 1 aliphatic carbocycles. The average Bonchev–Trinajstić information content (AvgIpc) is 3.43. The maximum atomic E-state index is 10.6. The van der Waals surface area contributed by atoms with Crippen molar-refractivity contribution in [3.05, 3.63) is 65.4 Å². The molecule has 5 rings (SSSR count). The first kappa shape index (κ1) is 19.7. The van der Waals surface area contributed by atoms with E-state index in [1.54, 1.807) is 36.1 Å². The van der Waals surface area contributed by atoms with E-state index in [4.69, 9.17) is 4.74 Å². The molecule has 8 nitrogen and oxygen atoms in total. The Labute approximate surface area is 183 Å². The Morgan fingerprint density at radius 3 is 2.90 bits per heavy atom. The predicted molar refractivity (Wildman–Crippen MR) is 118 cm³/mol. The molecule has 0 saturated heterocycles. The quantitative estimate of drug-likeness (QED) is 0.397. The first-order valence-corrected chi connectivity index (χ1v) is 10.9. The Kier molecular flexibility index (Phi) is 5.13. The minimum atomic E-state index is -0.738. The van der Waals surface area contributed by atoms with E-state index in [1.807, 2.05) is 25.3 Å². The fourth-order valence-electron chi connectivity index (χ4n) is 3.48. The Balaban J connectivity index is 1.33. The molecule has 158 valence electrons. The Hall–Kier alpha value is -3.30. The summed E-state index contributed by atoms with van der Waals surface area (Å²) in [5, 5.41) is 14.6. The maximum absolute atomic E-state index is 10.6. The topological polar surface area (TPSA) is 109 Å². The standard InChI is InChI=1S/C22H22N6O2S/c1-14-7-15(18-11-25-20(31-18)22(29)4-2-5-22)9-16(8-14)27-21-24-6-3-19(28-21)30-12-17-10-23-13-26-17/h3,6-11,13,29H,2,4-5,12H2,1H3,(H,23,26)(H,24,27,28). The number of thiazole rings is 1. The van der Waals surface area contributed by atoms with Gasteiger partial charge in [-0.3, -0.25) is 0 Å². The summed E-state index contributed by atoms with van der Waals surface area (Å²) in [4.78, 5) is 21.3. The molecule has 4 aromatic rings. The van der Waals surface area contributed by atoms with Crippen molar-refractivity contribution in [1.82, 2.24) is 24.9 Å². The Bertz CT molecular complexity index is 1190. The molecule has 3 aromatic heterocycles. The van der Waals surface area contributed by atoms with Crippen LogP contribution in [0, 0.1) is 6.92 Å². The maximum Gasteiger partial charge on any atom is 0.230 e. The number of aromatic amines is 1. The highest BCUT2D eigenvalue weighted by Gasteiger charge is 2.39. The molecule has 0 spiro atoms. The first-order chi connectivity index (χ1) is 15.1. The van der Waals surface area contributed by atoms with Gasteiger partial charge in [-0.25, -0.2) is 15.0 Å². The van der Waals surface area contributed by atoms with Crippen molar-refractivity contribution < 1.29 is 9.84 Å². The third-order valence-electron chi connectivity index (χ3n) is 5.26. The third-order valence-corrected chi connectivity index (χ3v) is 6.50. The van der Waals surface area contributed by atoms with E-state index in [0.29, 0.717) is 18.4 Å². The van der Waals surface area contributed by atoms with Gasteiger partial charge in [0, 0.05) is 30.3 Å². The molecule has 0 amide bonds. The van der Waals surface area contributed by atoms with Gasteiger partial charge in [-0.15, -0.1) is 11.3 Å². The van der Waals surface area contributed by atoms with Gasteiger partial charge in [0.25, 0.3) is 0 Å². The van der Waals surface area contributed by atoms with Gasteiger partial charge in [0.15, 0.2) is 0 Å². The molecule has 3 N–H and O–H groups in total. The Morgan fingerprint density at radius 1 is 1.23 bits per heavy atom. The van der Waals surface area contributed by atoms with Gasteiger partial charge in [-0.1, -0.05) is 6.07 Å². The number of H-pyrrole nitrogens is 1. The number of rotatable bonds is 7. The minimum Gasteiger partial charge on any atom is -0.471 e. The number of aromatic nitrogens is 5. The lowest BCUT2D eigenvalue weighted by molar-refractivity contribution is -0.0389. The highest BCUT2D eigenvalue weighted by molar-refractivity contribution is 7.15. The van der Waals surface area contributed by atoms with Gasteiger partial charge < -0.3 is 20.1 Å². The van der Waals surface area contributed by atoms with E-state index in [-0.39, 0.29) is 0 Å². The van der Waals surface area contributed by atoms with E-state index >= 15 is 0 Å². The van der Waals surface area contributed by atoms with Crippen LogP contribution in [-0.4, -0.2) is 30.0 Å². The number of hydrogen-bond acceptors (Lipinski definition) is 8. The van der Waals surface area contributed by atoms with Crippen LogP contribution in [0.1, 0.15) is 35.5 Å². The minimum absolute atomic E-state index is 0.328. The smallest absolute Gasteiger partial charge is 0.230 e. The Morgan fingerprint density at radius 2 is 2.13 bits per heavy atom. The van der Waals surface area contributed by atoms with Crippen molar-refractivity contribution in [3.8, 4) is 16.3 Å². The number of imidazole rings is 1. The van der Waals surface area contributed by atoms with Gasteiger partial charge >= 0.3 is 0 Å². The zero-order valence-electron chi connectivity index (χ0n) is 17.0. The number of benzene rings is 1. The summed E-state index contributed by atoms with van der Waals surface area (Å²) in [5.41, 5.74) is 3.07. The van der Waals surface area contributed by atoms with Crippen LogP contribution in [0.3, 0.4) is 0 Å². The van der Waals surface area contributed by atoms with E-state index in [1.165, 1.54) is 0 Å². The lowest BCUT2D eigenvalue weighted by Gasteiger charge is -2.34. The van der Waals surface area contributed by atoms with Crippen molar-refractivity contribution >= 4 is 23.0 Å². The van der Waals surface area contributed by atoms with Crippen LogP contribution in [0.2, 0.25) is 0 Å². The molecule has 3 heterocycles. The van der Waals surface area contributed by atoms with E-state index in [9.17, 15) is 5.11 Å². The first-order valence-electron chi connectivity index (χ1n) is 10.1. The normalized spacial score (nSPS) is 14.8. The second kappa shape index (κ2) is 8.09. The summed E-state index contributed by atoms with van der Waals surface area (Å²) in [6.07, 6.45) is 9.51. The lowest BCUT2D eigenvalue weighted by Crippen LogP contribution is -2.33. The summed E-state index contributed by atoms with van der Waals surface area (Å²) in [7, 11) is 0. The molecule has 1 saturated carbocycles. The van der Waals surface area contributed by atoms with Crippen LogP contribution in [0.5, 0.6) is 5.88 Å². The van der Waals surface area contributed by atoms with Crippen molar-refractivity contribution in [2.45, 2.75) is 38.4 Å². The van der Waals surface area contributed by atoms with Gasteiger partial charge in [0.05, 0.1) is 16.9 Å². The molecular weight excluding hydrogens is 412 g/mol. The second-order valence-electron chi connectivity index (χ2n) is 7.70. The molecule has 0 radical (unpaired) electrons. The van der Waals surface area contributed by atoms with Gasteiger partial charge in [0.2, 0.25) is 11.8 Å². The van der Waals surface area contributed by atoms with Crippen LogP contribution in [0.4, 0.5) is 11.6 Å². The molecule has 9 heteroatoms. The monoisotopic (exact) mass is 434 g/mol. The second-order valence-corrected chi connectivity index (χ2v) is 8.73. The van der Waals surface area contributed by atoms with Crippen LogP contribution < -0.4 is 10.1 Å². The summed E-state index contributed by atoms with van der Waals surface area (Å²) < 4.78 is 5.69. The SMILES string of the molecule is Cc1cc(Nc2nccc(OCc3c[nH]cn3)n2)cc(-c2cnc(C3(O)CCC3)s2)c1. The molecular formula is C22H22N6O2S. The summed E-state index contributed by atoms with van der Waals surface area (Å²) in [5.74, 6) is 0.916. The number of aliphatic hydroxyl groups is 1. The fourth-order valence-corrected chi connectivity index (χ4v) is 4.52. The summed E-state index contributed by atoms with van der Waals surface area (Å²) in [6, 6.07) is 7.89. The van der Waals surface area contributed by atoms with Crippen molar-refractivity contribution in [2.75, 3.05) is 5.32 Å². The zero-order chi connectivity index (χ0) is 21.3. The predicted octanol–water partition coefficient (Wildman–Crippen LogP) is 4.33. The number of hydrogen-bond donors (Lipinski definition) is 3. The van der Waals surface area contributed by atoms with Crippen LogP contribution >= 0.6 is 11.3 Å². The zero-order valence-corrected chi connectivity index (χ0v) is 17.8. The van der Waals surface area contributed by atoms with E-state index < -0.39 is 5.60 Å². The number of aryl methyl sites for hydroxylation is 1. The highest BCUT2D eigenvalue weighted by atomic mass is 32.1. The van der Waals surface area contributed by atoms with Crippen LogP contribution in [-0.2, 0) is 12.2 Å². The van der Waals surface area contributed by atoms with Gasteiger partial charge in [-0.05, 0) is 49.4 Å². The van der Waals surface area contributed by atoms with Crippen molar-refractivity contribution in [2.24, 2.45) is 0 Å². The number of ether oxygens (including phenoxy) is 1. The third kappa shape index (κ3) is 4.28. The molecule has 0 bridgehead atoms. The molecule has 1 fully saturated rings. The number of nitrogens with zero attached hydrogens (tertiary/aromatic N) is 4. The number of nitrogens with one attached hydrogen (secondary N) is 2. The van der Waals surface area contributed by atoms with Crippen molar-refractivity contribution in [1.29, 1.82) is 0 Å². The van der Waals surface area contributed by atoms with Gasteiger partial charge in [-0.2, -0.15) is 4.98 Å². The van der Waals surface area contributed by atoms with E-state index in [2.05, 4.69) is 36.3 Å². The lowest BCUT2D eigenvalue weighted by atomic mass is 9.81. The molecule has 0 aliphatic heterocycles. The summed E-state index contributed by atoms with van der Waals surface area (Å²) >= 11 is 1.55. The average molecular weight is 435 g/mol. The highest BCUT2D eigenvalue weighted by Crippen LogP contribution is 2.44. The largest absolute Gasteiger partial charge is 0.471 e. The van der Waals surface area contributed by atoms with E-state index in [0.717, 1.165) is 51.7 Å². The van der Waals surface area contributed by atoms with Crippen LogP contribution in [0.25, 0.3) is 10.4 Å². The number of anilines is 2. The van der Waals surface area contributed by atoms with Gasteiger partial charge in [0.1, 0.15) is 17.2 Å².